The van der Waals surface area contributed by atoms with Crippen LogP contribution in [0.4, 0.5) is 19.0 Å². The minimum absolute atomic E-state index is 0.363. The summed E-state index contributed by atoms with van der Waals surface area (Å²) in [7, 11) is 0. The molecule has 0 atom stereocenters. The first-order chi connectivity index (χ1) is 10.5. The fourth-order valence-corrected chi connectivity index (χ4v) is 2.80. The van der Waals surface area contributed by atoms with E-state index in [-0.39, 0.29) is 0 Å². The van der Waals surface area contributed by atoms with Gasteiger partial charge in [0, 0.05) is 38.2 Å². The molecule has 7 heteroatoms. The van der Waals surface area contributed by atoms with Gasteiger partial charge in [-0.2, -0.15) is 13.2 Å². The van der Waals surface area contributed by atoms with Crippen LogP contribution in [-0.2, 0) is 12.7 Å². The molecule has 0 spiro atoms. The zero-order chi connectivity index (χ0) is 15.6. The monoisotopic (exact) mass is 310 g/mol. The fourth-order valence-electron chi connectivity index (χ4n) is 2.80. The normalized spacial score (nSPS) is 17.0. The Bertz CT molecular complexity index is 602. The number of anilines is 1. The highest BCUT2D eigenvalue weighted by molar-refractivity contribution is 5.38. The van der Waals surface area contributed by atoms with Crippen LogP contribution in [0.25, 0.3) is 0 Å². The molecule has 0 radical (unpaired) electrons. The quantitative estimate of drug-likeness (QED) is 0.873. The van der Waals surface area contributed by atoms with Gasteiger partial charge < -0.3 is 9.47 Å². The Balaban J connectivity index is 1.61. The van der Waals surface area contributed by atoms with E-state index in [1.54, 1.807) is 6.07 Å². The summed E-state index contributed by atoms with van der Waals surface area (Å²) in [5.41, 5.74) is 0. The summed E-state index contributed by atoms with van der Waals surface area (Å²) in [6.07, 6.45) is 2.64. The average molecular weight is 310 g/mol. The molecule has 22 heavy (non-hydrogen) atoms. The minimum Gasteiger partial charge on any atom is -0.356 e. The van der Waals surface area contributed by atoms with Gasteiger partial charge in [0.2, 0.25) is 5.82 Å². The largest absolute Gasteiger partial charge is 0.451 e. The molecule has 0 unspecified atom stereocenters. The molecule has 1 saturated heterocycles. The average Bonchev–Trinajstić information content (AvgIpc) is 3.00. The SMILES string of the molecule is FC(F)(F)c1nccc(N2CCC(Cn3cccc3)CC2)n1. The van der Waals surface area contributed by atoms with Crippen LogP contribution in [0.2, 0.25) is 0 Å². The highest BCUT2D eigenvalue weighted by Gasteiger charge is 2.35. The first kappa shape index (κ1) is 14.9. The molecule has 2 aromatic rings. The van der Waals surface area contributed by atoms with E-state index in [1.807, 2.05) is 29.4 Å². The van der Waals surface area contributed by atoms with Crippen LogP contribution in [0.15, 0.2) is 36.8 Å². The maximum absolute atomic E-state index is 12.7. The van der Waals surface area contributed by atoms with Crippen LogP contribution in [0, 0.1) is 5.92 Å². The van der Waals surface area contributed by atoms with E-state index in [1.165, 1.54) is 6.20 Å². The Morgan fingerprint density at radius 3 is 2.45 bits per heavy atom. The summed E-state index contributed by atoms with van der Waals surface area (Å²) in [4.78, 5) is 8.86. The molecule has 3 rings (SSSR count). The molecule has 118 valence electrons. The second-order valence-corrected chi connectivity index (χ2v) is 5.55. The summed E-state index contributed by atoms with van der Waals surface area (Å²) >= 11 is 0. The minimum atomic E-state index is -4.50. The van der Waals surface area contributed by atoms with Crippen LogP contribution in [0.5, 0.6) is 0 Å². The van der Waals surface area contributed by atoms with Gasteiger partial charge in [0.15, 0.2) is 0 Å². The second kappa shape index (κ2) is 5.98. The summed E-state index contributed by atoms with van der Waals surface area (Å²) in [6, 6.07) is 5.53. The van der Waals surface area contributed by atoms with E-state index in [0.29, 0.717) is 11.7 Å². The van der Waals surface area contributed by atoms with Crippen LogP contribution >= 0.6 is 0 Å². The van der Waals surface area contributed by atoms with Crippen molar-refractivity contribution in [1.82, 2.24) is 14.5 Å². The number of hydrogen-bond donors (Lipinski definition) is 0. The molecular formula is C15H17F3N4. The van der Waals surface area contributed by atoms with Crippen molar-refractivity contribution in [3.05, 3.63) is 42.6 Å². The lowest BCUT2D eigenvalue weighted by atomic mass is 9.97. The second-order valence-electron chi connectivity index (χ2n) is 5.55. The van der Waals surface area contributed by atoms with Gasteiger partial charge >= 0.3 is 6.18 Å². The van der Waals surface area contributed by atoms with Gasteiger partial charge in [-0.15, -0.1) is 0 Å². The number of halogens is 3. The smallest absolute Gasteiger partial charge is 0.356 e. The summed E-state index contributed by atoms with van der Waals surface area (Å²) in [5, 5.41) is 0. The third-order valence-electron chi connectivity index (χ3n) is 3.97. The van der Waals surface area contributed by atoms with Crippen LogP contribution in [-0.4, -0.2) is 27.6 Å². The van der Waals surface area contributed by atoms with Crippen molar-refractivity contribution in [2.45, 2.75) is 25.6 Å². The Labute approximate surface area is 126 Å². The Kier molecular flexibility index (Phi) is 4.04. The van der Waals surface area contributed by atoms with Gasteiger partial charge in [0.05, 0.1) is 0 Å². The van der Waals surface area contributed by atoms with Crippen molar-refractivity contribution in [1.29, 1.82) is 0 Å². The lowest BCUT2D eigenvalue weighted by Gasteiger charge is -2.33. The molecule has 0 N–H and O–H groups in total. The zero-order valence-electron chi connectivity index (χ0n) is 12.0. The summed E-state index contributed by atoms with van der Waals surface area (Å²) < 4.78 is 40.1. The van der Waals surface area contributed by atoms with Crippen LogP contribution in [0.1, 0.15) is 18.7 Å². The van der Waals surface area contributed by atoms with Gasteiger partial charge in [-0.25, -0.2) is 9.97 Å². The van der Waals surface area contributed by atoms with E-state index >= 15 is 0 Å². The van der Waals surface area contributed by atoms with Crippen LogP contribution in [0.3, 0.4) is 0 Å². The Hall–Kier alpha value is -2.05. The lowest BCUT2D eigenvalue weighted by molar-refractivity contribution is -0.144. The van der Waals surface area contributed by atoms with E-state index < -0.39 is 12.0 Å². The predicted octanol–water partition coefficient (Wildman–Crippen LogP) is 3.21. The number of hydrogen-bond acceptors (Lipinski definition) is 3. The third-order valence-corrected chi connectivity index (χ3v) is 3.97. The van der Waals surface area contributed by atoms with Crippen molar-refractivity contribution >= 4 is 5.82 Å². The van der Waals surface area contributed by atoms with E-state index in [4.69, 9.17) is 0 Å². The molecule has 1 aliphatic heterocycles. The molecule has 0 amide bonds. The molecule has 0 saturated carbocycles. The molecule has 2 aromatic heterocycles. The summed E-state index contributed by atoms with van der Waals surface area (Å²) in [6.45, 7) is 2.40. The van der Waals surface area contributed by atoms with Gasteiger partial charge in [0.1, 0.15) is 5.82 Å². The highest BCUT2D eigenvalue weighted by atomic mass is 19.4. The van der Waals surface area contributed by atoms with Crippen LogP contribution < -0.4 is 4.90 Å². The number of rotatable bonds is 3. The van der Waals surface area contributed by atoms with Crippen molar-refractivity contribution in [3.8, 4) is 0 Å². The first-order valence-corrected chi connectivity index (χ1v) is 7.28. The van der Waals surface area contributed by atoms with Crippen molar-refractivity contribution < 1.29 is 13.2 Å². The summed E-state index contributed by atoms with van der Waals surface area (Å²) in [5.74, 6) is -0.159. The topological polar surface area (TPSA) is 34.0 Å². The molecule has 1 fully saturated rings. The van der Waals surface area contributed by atoms with Gasteiger partial charge in [-0.05, 0) is 37.0 Å². The van der Waals surface area contributed by atoms with Crippen molar-refractivity contribution in [2.75, 3.05) is 18.0 Å². The molecule has 0 bridgehead atoms. The molecule has 4 nitrogen and oxygen atoms in total. The number of nitrogens with zero attached hydrogens (tertiary/aromatic N) is 4. The lowest BCUT2D eigenvalue weighted by Crippen LogP contribution is -2.35. The third kappa shape index (κ3) is 3.40. The van der Waals surface area contributed by atoms with Gasteiger partial charge in [-0.3, -0.25) is 0 Å². The highest BCUT2D eigenvalue weighted by Crippen LogP contribution is 2.28. The molecule has 3 heterocycles. The van der Waals surface area contributed by atoms with Crippen molar-refractivity contribution in [2.24, 2.45) is 5.92 Å². The molecule has 0 aromatic carbocycles. The van der Waals surface area contributed by atoms with Gasteiger partial charge in [0.25, 0.3) is 0 Å². The zero-order valence-corrected chi connectivity index (χ0v) is 12.0. The fraction of sp³-hybridized carbons (Fsp3) is 0.467. The maximum Gasteiger partial charge on any atom is 0.451 e. The number of piperidine rings is 1. The first-order valence-electron chi connectivity index (χ1n) is 7.28. The van der Waals surface area contributed by atoms with Crippen molar-refractivity contribution in [3.63, 3.8) is 0 Å². The van der Waals surface area contributed by atoms with E-state index in [2.05, 4.69) is 14.5 Å². The molecule has 0 aliphatic carbocycles. The van der Waals surface area contributed by atoms with Gasteiger partial charge in [-0.1, -0.05) is 0 Å². The predicted molar refractivity (Wildman–Crippen MR) is 76.4 cm³/mol. The Morgan fingerprint density at radius 1 is 1.14 bits per heavy atom. The standard InChI is InChI=1S/C15H17F3N4/c16-15(17,18)14-19-6-3-13(20-14)22-9-4-12(5-10-22)11-21-7-1-2-8-21/h1-3,6-8,12H,4-5,9-11H2. The Morgan fingerprint density at radius 2 is 1.82 bits per heavy atom. The molecule has 1 aliphatic rings. The molecular weight excluding hydrogens is 293 g/mol. The maximum atomic E-state index is 12.7. The van der Waals surface area contributed by atoms with E-state index in [0.717, 1.165) is 32.5 Å². The van der Waals surface area contributed by atoms with E-state index in [9.17, 15) is 13.2 Å². The number of aromatic nitrogens is 3. The number of alkyl halides is 3.